The number of hydrogen-bond donors (Lipinski definition) is 2. The second-order valence-corrected chi connectivity index (χ2v) is 5.88. The fourth-order valence-corrected chi connectivity index (χ4v) is 2.90. The van der Waals surface area contributed by atoms with Crippen molar-refractivity contribution in [2.75, 3.05) is 46.9 Å². The van der Waals surface area contributed by atoms with Crippen molar-refractivity contribution in [3.8, 4) is 11.5 Å². The highest BCUT2D eigenvalue weighted by Gasteiger charge is 2.18. The Morgan fingerprint density at radius 3 is 2.32 bits per heavy atom. The Labute approximate surface area is 162 Å². The fourth-order valence-electron chi connectivity index (χ4n) is 2.90. The third kappa shape index (κ3) is 6.55. The van der Waals surface area contributed by atoms with Gasteiger partial charge in [0.1, 0.15) is 0 Å². The average Bonchev–Trinajstić information content (AvgIpc) is 2.55. The first kappa shape index (κ1) is 23.8. The molecule has 0 radical (unpaired) electrons. The number of piperazine rings is 1. The van der Waals surface area contributed by atoms with Crippen LogP contribution in [0.15, 0.2) is 12.1 Å². The largest absolute Gasteiger partial charge is 0.493 e. The molecule has 0 spiro atoms. The lowest BCUT2D eigenvalue weighted by molar-refractivity contribution is -0.123. The van der Waals surface area contributed by atoms with Crippen molar-refractivity contribution in [3.05, 3.63) is 23.3 Å². The van der Waals surface area contributed by atoms with Crippen LogP contribution < -0.4 is 20.1 Å². The summed E-state index contributed by atoms with van der Waals surface area (Å²) in [5, 5.41) is 6.36. The van der Waals surface area contributed by atoms with E-state index in [1.807, 2.05) is 26.0 Å². The summed E-state index contributed by atoms with van der Waals surface area (Å²) in [5.74, 6) is 1.43. The maximum atomic E-state index is 12.3. The maximum Gasteiger partial charge on any atom is 0.234 e. The second kappa shape index (κ2) is 11.4. The lowest BCUT2D eigenvalue weighted by Gasteiger charge is -2.27. The zero-order valence-corrected chi connectivity index (χ0v) is 16.9. The molecule has 25 heavy (non-hydrogen) atoms. The van der Waals surface area contributed by atoms with Crippen LogP contribution in [0.1, 0.15) is 24.1 Å². The number of rotatable bonds is 6. The van der Waals surface area contributed by atoms with E-state index in [0.29, 0.717) is 18.0 Å². The van der Waals surface area contributed by atoms with Gasteiger partial charge in [-0.3, -0.25) is 9.69 Å². The first-order chi connectivity index (χ1) is 11.0. The van der Waals surface area contributed by atoms with Crippen molar-refractivity contribution in [3.63, 3.8) is 0 Å². The predicted molar refractivity (Wildman–Crippen MR) is 105 cm³/mol. The summed E-state index contributed by atoms with van der Waals surface area (Å²) in [6, 6.07) is 3.79. The molecule has 0 saturated carbocycles. The van der Waals surface area contributed by atoms with Crippen molar-refractivity contribution in [1.29, 1.82) is 0 Å². The van der Waals surface area contributed by atoms with Gasteiger partial charge in [-0.25, -0.2) is 0 Å². The van der Waals surface area contributed by atoms with Gasteiger partial charge in [0.2, 0.25) is 5.91 Å². The van der Waals surface area contributed by atoms with Crippen LogP contribution >= 0.6 is 24.8 Å². The topological polar surface area (TPSA) is 62.8 Å². The molecular formula is C17H29Cl2N3O3. The van der Waals surface area contributed by atoms with Gasteiger partial charge in [0.05, 0.1) is 26.8 Å². The highest BCUT2D eigenvalue weighted by atomic mass is 35.5. The second-order valence-electron chi connectivity index (χ2n) is 5.88. The minimum Gasteiger partial charge on any atom is -0.493 e. The molecule has 6 nitrogen and oxygen atoms in total. The van der Waals surface area contributed by atoms with E-state index in [4.69, 9.17) is 9.47 Å². The Bertz CT molecular complexity index is 552. The number of nitrogens with zero attached hydrogens (tertiary/aromatic N) is 1. The molecule has 8 heteroatoms. The van der Waals surface area contributed by atoms with Crippen molar-refractivity contribution in [1.82, 2.24) is 15.5 Å². The molecule has 1 unspecified atom stereocenters. The highest BCUT2D eigenvalue weighted by molar-refractivity contribution is 5.85. The van der Waals surface area contributed by atoms with Crippen molar-refractivity contribution < 1.29 is 14.3 Å². The van der Waals surface area contributed by atoms with Crippen LogP contribution in [0.4, 0.5) is 0 Å². The Balaban J connectivity index is 0.00000288. The molecule has 1 amide bonds. The summed E-state index contributed by atoms with van der Waals surface area (Å²) < 4.78 is 10.7. The number of halogens is 2. The first-order valence-electron chi connectivity index (χ1n) is 8.00. The summed E-state index contributed by atoms with van der Waals surface area (Å²) in [4.78, 5) is 14.4. The molecule has 2 rings (SSSR count). The maximum absolute atomic E-state index is 12.3. The van der Waals surface area contributed by atoms with E-state index < -0.39 is 0 Å². The summed E-state index contributed by atoms with van der Waals surface area (Å²) in [7, 11) is 3.24. The molecule has 1 aliphatic heterocycles. The highest BCUT2D eigenvalue weighted by Crippen LogP contribution is 2.32. The van der Waals surface area contributed by atoms with Crippen LogP contribution in [0.2, 0.25) is 0 Å². The van der Waals surface area contributed by atoms with E-state index in [1.165, 1.54) is 0 Å². The molecule has 1 fully saturated rings. The average molecular weight is 394 g/mol. The number of carbonyl (C=O) groups excluding carboxylic acids is 1. The number of benzene rings is 1. The van der Waals surface area contributed by atoms with Gasteiger partial charge in [0, 0.05) is 26.2 Å². The predicted octanol–water partition coefficient (Wildman–Crippen LogP) is 1.94. The van der Waals surface area contributed by atoms with Gasteiger partial charge >= 0.3 is 0 Å². The minimum atomic E-state index is -0.0785. The molecule has 1 atom stereocenters. The van der Waals surface area contributed by atoms with E-state index in [-0.39, 0.29) is 36.8 Å². The standard InChI is InChI=1S/C17H27N3O3.2ClH/c1-12-9-15(22-3)16(23-4)10-14(12)13(2)19-17(21)11-20-7-5-18-6-8-20;;/h9-10,13,18H,5-8,11H2,1-4H3,(H,19,21);2*1H. The van der Waals surface area contributed by atoms with Gasteiger partial charge in [0.25, 0.3) is 0 Å². The quantitative estimate of drug-likeness (QED) is 0.772. The summed E-state index contributed by atoms with van der Waals surface area (Å²) >= 11 is 0. The number of amides is 1. The van der Waals surface area contributed by atoms with Gasteiger partial charge in [-0.15, -0.1) is 24.8 Å². The summed E-state index contributed by atoms with van der Waals surface area (Å²) in [6.45, 7) is 8.15. The van der Waals surface area contributed by atoms with Gasteiger partial charge in [0.15, 0.2) is 11.5 Å². The third-order valence-electron chi connectivity index (χ3n) is 4.19. The molecular weight excluding hydrogens is 365 g/mol. The fraction of sp³-hybridized carbons (Fsp3) is 0.588. The Hall–Kier alpha value is -1.21. The molecule has 0 aromatic heterocycles. The van der Waals surface area contributed by atoms with Gasteiger partial charge in [-0.05, 0) is 37.1 Å². The minimum absolute atomic E-state index is 0. The Morgan fingerprint density at radius 1 is 1.20 bits per heavy atom. The Kier molecular flexibility index (Phi) is 10.9. The molecule has 2 N–H and O–H groups in total. The van der Waals surface area contributed by atoms with E-state index in [0.717, 1.165) is 37.3 Å². The van der Waals surface area contributed by atoms with Crippen LogP contribution in [0.3, 0.4) is 0 Å². The van der Waals surface area contributed by atoms with E-state index in [2.05, 4.69) is 15.5 Å². The van der Waals surface area contributed by atoms with Crippen LogP contribution in [-0.4, -0.2) is 57.8 Å². The van der Waals surface area contributed by atoms with Gasteiger partial charge < -0.3 is 20.1 Å². The molecule has 1 aliphatic rings. The lowest BCUT2D eigenvalue weighted by Crippen LogP contribution is -2.47. The van der Waals surface area contributed by atoms with Crippen LogP contribution in [0.5, 0.6) is 11.5 Å². The summed E-state index contributed by atoms with van der Waals surface area (Å²) in [6.07, 6.45) is 0. The monoisotopic (exact) mass is 393 g/mol. The summed E-state index contributed by atoms with van der Waals surface area (Å²) in [5.41, 5.74) is 2.11. The number of ether oxygens (including phenoxy) is 2. The number of methoxy groups -OCH3 is 2. The molecule has 144 valence electrons. The number of nitrogens with one attached hydrogen (secondary N) is 2. The van der Waals surface area contributed by atoms with Gasteiger partial charge in [-0.2, -0.15) is 0 Å². The van der Waals surface area contributed by atoms with Crippen LogP contribution in [0, 0.1) is 6.92 Å². The Morgan fingerprint density at radius 2 is 1.76 bits per heavy atom. The smallest absolute Gasteiger partial charge is 0.234 e. The van der Waals surface area contributed by atoms with E-state index in [1.54, 1.807) is 14.2 Å². The van der Waals surface area contributed by atoms with Crippen LogP contribution in [-0.2, 0) is 4.79 Å². The molecule has 1 aromatic rings. The molecule has 1 saturated heterocycles. The number of carbonyl (C=O) groups is 1. The van der Waals surface area contributed by atoms with Crippen molar-refractivity contribution in [2.45, 2.75) is 19.9 Å². The lowest BCUT2D eigenvalue weighted by atomic mass is 10.0. The van der Waals surface area contributed by atoms with E-state index >= 15 is 0 Å². The van der Waals surface area contributed by atoms with Gasteiger partial charge in [-0.1, -0.05) is 0 Å². The molecule has 0 aliphatic carbocycles. The zero-order chi connectivity index (χ0) is 16.8. The SMILES string of the molecule is COc1cc(C)c(C(C)NC(=O)CN2CCNCC2)cc1OC.Cl.Cl. The molecule has 1 heterocycles. The first-order valence-corrected chi connectivity index (χ1v) is 8.00. The van der Waals surface area contributed by atoms with Crippen molar-refractivity contribution >= 4 is 30.7 Å². The zero-order valence-electron chi connectivity index (χ0n) is 15.3. The molecule has 0 bridgehead atoms. The normalized spacial score (nSPS) is 15.4. The van der Waals surface area contributed by atoms with E-state index in [9.17, 15) is 4.79 Å². The third-order valence-corrected chi connectivity index (χ3v) is 4.19. The number of hydrogen-bond acceptors (Lipinski definition) is 5. The van der Waals surface area contributed by atoms with Crippen LogP contribution in [0.25, 0.3) is 0 Å². The molecule has 1 aromatic carbocycles. The van der Waals surface area contributed by atoms with Crippen molar-refractivity contribution in [2.24, 2.45) is 0 Å². The number of aryl methyl sites for hydroxylation is 1.